The number of nitriles is 1. The van der Waals surface area contributed by atoms with Gasteiger partial charge in [-0.05, 0) is 73.0 Å². The van der Waals surface area contributed by atoms with Crippen LogP contribution < -0.4 is 10.2 Å². The molecule has 0 fully saturated rings. The highest BCUT2D eigenvalue weighted by Gasteiger charge is 2.40. The first-order valence-corrected chi connectivity index (χ1v) is 11.7. The van der Waals surface area contributed by atoms with Crippen LogP contribution in [0.5, 0.6) is 0 Å². The van der Waals surface area contributed by atoms with Crippen molar-refractivity contribution in [2.45, 2.75) is 32.6 Å². The topological polar surface area (TPSA) is 99.7 Å². The number of nitrogens with zero attached hydrogens (tertiary/aromatic N) is 6. The summed E-state index contributed by atoms with van der Waals surface area (Å²) in [4.78, 5) is 19.1. The molecular formula is C27H22F3N7O. The molecule has 38 heavy (non-hydrogen) atoms. The lowest BCUT2D eigenvalue weighted by atomic mass is 9.97. The van der Waals surface area contributed by atoms with Crippen molar-refractivity contribution in [1.82, 2.24) is 19.7 Å². The average Bonchev–Trinajstić information content (AvgIpc) is 3.45. The van der Waals surface area contributed by atoms with Crippen molar-refractivity contribution >= 4 is 17.5 Å². The monoisotopic (exact) mass is 517 g/mol. The smallest absolute Gasteiger partial charge is 0.368 e. The zero-order valence-corrected chi connectivity index (χ0v) is 20.7. The molecule has 4 aromatic rings. The first-order chi connectivity index (χ1) is 18.1. The maximum absolute atomic E-state index is 13.7. The molecule has 1 N–H and O–H groups in total. The number of aryl methyl sites for hydroxylation is 1. The van der Waals surface area contributed by atoms with Crippen LogP contribution in [0.15, 0.2) is 54.9 Å². The number of fused-ring (bicyclic) bond motifs is 1. The van der Waals surface area contributed by atoms with E-state index in [9.17, 15) is 23.2 Å². The highest BCUT2D eigenvalue weighted by molar-refractivity contribution is 6.10. The van der Waals surface area contributed by atoms with Crippen LogP contribution in [0.4, 0.5) is 24.8 Å². The molecule has 0 radical (unpaired) electrons. The Bertz CT molecular complexity index is 1600. The lowest BCUT2D eigenvalue weighted by molar-refractivity contribution is -0.138. The Hall–Kier alpha value is -4.72. The Morgan fingerprint density at radius 2 is 1.87 bits per heavy atom. The molecule has 0 spiro atoms. The molecule has 0 bridgehead atoms. The van der Waals surface area contributed by atoms with Crippen LogP contribution in [-0.2, 0) is 19.8 Å². The normalized spacial score (nSPS) is 13.1. The van der Waals surface area contributed by atoms with Gasteiger partial charge in [-0.3, -0.25) is 9.69 Å². The zero-order valence-electron chi connectivity index (χ0n) is 20.7. The number of hydrogen-bond donors (Lipinski definition) is 1. The number of nitrogens with one attached hydrogen (secondary N) is 1. The van der Waals surface area contributed by atoms with Crippen molar-refractivity contribution in [2.24, 2.45) is 7.05 Å². The average molecular weight is 518 g/mol. The van der Waals surface area contributed by atoms with Gasteiger partial charge in [0, 0.05) is 24.2 Å². The fourth-order valence-corrected chi connectivity index (χ4v) is 4.54. The Morgan fingerprint density at radius 3 is 2.53 bits per heavy atom. The lowest BCUT2D eigenvalue weighted by Gasteiger charge is -2.20. The molecule has 1 aliphatic heterocycles. The van der Waals surface area contributed by atoms with Crippen molar-refractivity contribution < 1.29 is 18.0 Å². The molecule has 8 nitrogen and oxygen atoms in total. The van der Waals surface area contributed by atoms with Crippen LogP contribution in [0.3, 0.4) is 0 Å². The number of amides is 1. The number of halogens is 3. The van der Waals surface area contributed by atoms with Crippen LogP contribution in [0.25, 0.3) is 22.5 Å². The molecule has 3 heterocycles. The van der Waals surface area contributed by atoms with Crippen LogP contribution in [-0.4, -0.2) is 31.7 Å². The number of rotatable bonds is 5. The first kappa shape index (κ1) is 25.0. The van der Waals surface area contributed by atoms with Gasteiger partial charge in [-0.1, -0.05) is 6.07 Å². The molecular weight excluding hydrogens is 495 g/mol. The number of hydrogen-bond acceptors (Lipinski definition) is 6. The maximum Gasteiger partial charge on any atom is 0.416 e. The molecule has 0 aliphatic carbocycles. The predicted molar refractivity (Wildman–Crippen MR) is 135 cm³/mol. The molecule has 11 heteroatoms. The summed E-state index contributed by atoms with van der Waals surface area (Å²) >= 11 is 0. The minimum Gasteiger partial charge on any atom is -0.368 e. The summed E-state index contributed by atoms with van der Waals surface area (Å²) in [7, 11) is 1.79. The summed E-state index contributed by atoms with van der Waals surface area (Å²) in [6, 6.07) is 14.3. The second-order valence-corrected chi connectivity index (χ2v) is 9.26. The van der Waals surface area contributed by atoms with E-state index < -0.39 is 17.6 Å². The van der Waals surface area contributed by atoms with Crippen LogP contribution in [0, 0.1) is 11.3 Å². The molecule has 0 atom stereocenters. The van der Waals surface area contributed by atoms with E-state index in [-0.39, 0.29) is 29.5 Å². The Morgan fingerprint density at radius 1 is 1.08 bits per heavy atom. The van der Waals surface area contributed by atoms with Gasteiger partial charge >= 0.3 is 6.18 Å². The second-order valence-electron chi connectivity index (χ2n) is 9.26. The predicted octanol–water partition coefficient (Wildman–Crippen LogP) is 5.42. The summed E-state index contributed by atoms with van der Waals surface area (Å²) in [5.41, 5.74) is 1.41. The van der Waals surface area contributed by atoms with Crippen molar-refractivity contribution in [3.8, 4) is 28.6 Å². The number of pyridine rings is 1. The van der Waals surface area contributed by atoms with Gasteiger partial charge in [0.25, 0.3) is 5.91 Å². The van der Waals surface area contributed by atoms with Gasteiger partial charge < -0.3 is 9.88 Å². The molecule has 2 aromatic heterocycles. The number of aromatic nitrogens is 4. The Labute approximate surface area is 216 Å². The molecule has 0 unspecified atom stereocenters. The van der Waals surface area contributed by atoms with Crippen molar-refractivity contribution in [3.05, 3.63) is 77.1 Å². The van der Waals surface area contributed by atoms with Gasteiger partial charge in [-0.2, -0.15) is 18.4 Å². The van der Waals surface area contributed by atoms with Gasteiger partial charge in [0.1, 0.15) is 18.0 Å². The van der Waals surface area contributed by atoms with Gasteiger partial charge in [-0.15, -0.1) is 10.2 Å². The van der Waals surface area contributed by atoms with Crippen molar-refractivity contribution in [2.75, 3.05) is 10.2 Å². The van der Waals surface area contributed by atoms with E-state index >= 15 is 0 Å². The van der Waals surface area contributed by atoms with E-state index in [1.807, 2.05) is 13.8 Å². The Kier molecular flexibility index (Phi) is 6.11. The quantitative estimate of drug-likeness (QED) is 0.380. The van der Waals surface area contributed by atoms with Gasteiger partial charge in [0.2, 0.25) is 0 Å². The third-order valence-electron chi connectivity index (χ3n) is 6.21. The number of carbonyl (C=O) groups is 1. The first-order valence-electron chi connectivity index (χ1n) is 11.7. The lowest BCUT2D eigenvalue weighted by Crippen LogP contribution is -2.25. The SMILES string of the molecule is CC(C)Nc1cc(-c2cc(C#N)ccc2-c2nncn2C)cc(N2Cc3c(cccc3C(F)(F)F)C2=O)n1. The number of alkyl halides is 3. The van der Waals surface area contributed by atoms with Crippen molar-refractivity contribution in [1.29, 1.82) is 5.26 Å². The van der Waals surface area contributed by atoms with E-state index in [1.54, 1.807) is 48.3 Å². The third kappa shape index (κ3) is 4.45. The molecule has 2 aromatic carbocycles. The molecule has 5 rings (SSSR count). The third-order valence-corrected chi connectivity index (χ3v) is 6.21. The minimum absolute atomic E-state index is 0.00310. The highest BCUT2D eigenvalue weighted by atomic mass is 19.4. The molecule has 1 aliphatic rings. The van der Waals surface area contributed by atoms with Crippen molar-refractivity contribution in [3.63, 3.8) is 0 Å². The molecule has 0 saturated carbocycles. The zero-order chi connectivity index (χ0) is 27.2. The highest BCUT2D eigenvalue weighted by Crippen LogP contribution is 2.40. The fraction of sp³-hybridized carbons (Fsp3) is 0.222. The molecule has 1 amide bonds. The number of benzene rings is 2. The standard InChI is InChI=1S/C27H22F3N7O/c1-15(2)33-23-10-17(20-9-16(12-31)7-8-18(20)25-35-32-14-36(25)3)11-24(34-23)37-13-21-19(26(37)38)5-4-6-22(21)27(28,29)30/h4-11,14-15H,13H2,1-3H3,(H,33,34). The fourth-order valence-electron chi connectivity index (χ4n) is 4.54. The van der Waals surface area contributed by atoms with E-state index in [2.05, 4.69) is 26.6 Å². The minimum atomic E-state index is -4.59. The van der Waals surface area contributed by atoms with E-state index in [0.29, 0.717) is 33.9 Å². The maximum atomic E-state index is 13.7. The summed E-state index contributed by atoms with van der Waals surface area (Å²) < 4.78 is 42.8. The Balaban J connectivity index is 1.68. The largest absolute Gasteiger partial charge is 0.416 e. The summed E-state index contributed by atoms with van der Waals surface area (Å²) in [5.74, 6) is 0.607. The van der Waals surface area contributed by atoms with Crippen LogP contribution >= 0.6 is 0 Å². The number of carbonyl (C=O) groups excluding carboxylic acids is 1. The van der Waals surface area contributed by atoms with Gasteiger partial charge in [0.05, 0.1) is 23.7 Å². The second kappa shape index (κ2) is 9.30. The van der Waals surface area contributed by atoms with E-state index in [1.165, 1.54) is 17.0 Å². The summed E-state index contributed by atoms with van der Waals surface area (Å²) in [6.45, 7) is 3.57. The number of anilines is 2. The molecule has 0 saturated heterocycles. The van der Waals surface area contributed by atoms with Gasteiger partial charge in [0.15, 0.2) is 5.82 Å². The van der Waals surface area contributed by atoms with E-state index in [0.717, 1.165) is 6.07 Å². The summed E-state index contributed by atoms with van der Waals surface area (Å²) in [5, 5.41) is 20.9. The van der Waals surface area contributed by atoms with Crippen LogP contribution in [0.2, 0.25) is 0 Å². The van der Waals surface area contributed by atoms with Crippen LogP contribution in [0.1, 0.15) is 40.9 Å². The van der Waals surface area contributed by atoms with Gasteiger partial charge in [-0.25, -0.2) is 4.98 Å². The van der Waals surface area contributed by atoms with E-state index in [4.69, 9.17) is 0 Å². The molecule has 192 valence electrons. The summed E-state index contributed by atoms with van der Waals surface area (Å²) in [6.07, 6.45) is -3.04.